The fraction of sp³-hybridized carbons (Fsp3) is 0.294. The van der Waals surface area contributed by atoms with E-state index in [1.165, 1.54) is 6.07 Å². The zero-order valence-corrected chi connectivity index (χ0v) is 14.1. The summed E-state index contributed by atoms with van der Waals surface area (Å²) < 4.78 is 40.3. The van der Waals surface area contributed by atoms with Crippen LogP contribution in [-0.4, -0.2) is 20.3 Å². The Morgan fingerprint density at radius 3 is 2.54 bits per heavy atom. The highest BCUT2D eigenvalue weighted by Crippen LogP contribution is 2.34. The quantitative estimate of drug-likeness (QED) is 0.609. The molecule has 0 radical (unpaired) electrons. The summed E-state index contributed by atoms with van der Waals surface area (Å²) in [4.78, 5) is 9.11. The van der Waals surface area contributed by atoms with Crippen LogP contribution in [-0.2, 0) is 13.2 Å². The summed E-state index contributed by atoms with van der Waals surface area (Å²) in [6, 6.07) is 10.2. The monoisotopic (exact) mass is 351 g/mol. The molecule has 0 fully saturated rings. The first-order chi connectivity index (χ1) is 11.4. The minimum atomic E-state index is -4.47. The van der Waals surface area contributed by atoms with Gasteiger partial charge in [0.15, 0.2) is 5.65 Å². The molecule has 0 spiro atoms. The number of hydrogen-bond acceptors (Lipinski definition) is 3. The molecule has 7 heteroatoms. The summed E-state index contributed by atoms with van der Waals surface area (Å²) in [5.74, 6) is 1.59. The van der Waals surface area contributed by atoms with Gasteiger partial charge in [0.1, 0.15) is 11.5 Å². The number of alkyl halides is 3. The molecule has 0 aliphatic rings. The standard InChI is InChI=1S/C17H16F3N3S/c1-3-10-24-13-7-5-4-6-11(13)16-22-15-12(23(16)2)8-9-14(21-15)17(18,19)20/h4-9H,3,10H2,1-2H3. The lowest BCUT2D eigenvalue weighted by atomic mass is 10.2. The van der Waals surface area contributed by atoms with E-state index in [-0.39, 0.29) is 5.65 Å². The second kappa shape index (κ2) is 6.47. The zero-order valence-electron chi connectivity index (χ0n) is 13.3. The molecule has 0 atom stereocenters. The average Bonchev–Trinajstić information content (AvgIpc) is 2.89. The Hall–Kier alpha value is -2.02. The van der Waals surface area contributed by atoms with E-state index < -0.39 is 11.9 Å². The van der Waals surface area contributed by atoms with Crippen molar-refractivity contribution < 1.29 is 13.2 Å². The Morgan fingerprint density at radius 2 is 1.83 bits per heavy atom. The van der Waals surface area contributed by atoms with E-state index in [2.05, 4.69) is 16.9 Å². The van der Waals surface area contributed by atoms with Crippen LogP contribution in [0.15, 0.2) is 41.3 Å². The number of hydrogen-bond donors (Lipinski definition) is 0. The molecular formula is C17H16F3N3S. The third-order valence-corrected chi connectivity index (χ3v) is 4.90. The number of imidazole rings is 1. The predicted octanol–water partition coefficient (Wildman–Crippen LogP) is 5.16. The lowest BCUT2D eigenvalue weighted by molar-refractivity contribution is -0.141. The number of aromatic nitrogens is 3. The van der Waals surface area contributed by atoms with Gasteiger partial charge in [-0.05, 0) is 30.4 Å². The molecular weight excluding hydrogens is 335 g/mol. The second-order valence-corrected chi connectivity index (χ2v) is 6.51. The van der Waals surface area contributed by atoms with Gasteiger partial charge in [0.2, 0.25) is 0 Å². The number of thioether (sulfide) groups is 1. The van der Waals surface area contributed by atoms with Crippen molar-refractivity contribution in [3.8, 4) is 11.4 Å². The number of halogens is 3. The van der Waals surface area contributed by atoms with Crippen LogP contribution in [0.25, 0.3) is 22.6 Å². The first-order valence-corrected chi connectivity index (χ1v) is 8.53. The normalized spacial score (nSPS) is 12.0. The molecule has 3 nitrogen and oxygen atoms in total. The van der Waals surface area contributed by atoms with E-state index in [0.29, 0.717) is 11.3 Å². The van der Waals surface area contributed by atoms with E-state index >= 15 is 0 Å². The van der Waals surface area contributed by atoms with Gasteiger partial charge in [0.05, 0.1) is 5.52 Å². The molecule has 0 amide bonds. The molecule has 0 saturated carbocycles. The second-order valence-electron chi connectivity index (χ2n) is 5.38. The highest BCUT2D eigenvalue weighted by Gasteiger charge is 2.33. The summed E-state index contributed by atoms with van der Waals surface area (Å²) in [5.41, 5.74) is 0.671. The first kappa shape index (κ1) is 16.8. The minimum absolute atomic E-state index is 0.109. The van der Waals surface area contributed by atoms with E-state index in [9.17, 15) is 13.2 Å². The number of rotatable bonds is 4. The molecule has 0 bridgehead atoms. The number of benzene rings is 1. The summed E-state index contributed by atoms with van der Waals surface area (Å²) in [6.45, 7) is 2.10. The molecule has 3 rings (SSSR count). The SMILES string of the molecule is CCCSc1ccccc1-c1nc2nc(C(F)(F)F)ccc2n1C. The van der Waals surface area contributed by atoms with Crippen LogP contribution in [0, 0.1) is 0 Å². The Bertz CT molecular complexity index is 871. The van der Waals surface area contributed by atoms with Gasteiger partial charge in [-0.2, -0.15) is 13.2 Å². The van der Waals surface area contributed by atoms with E-state index in [4.69, 9.17) is 0 Å². The molecule has 126 valence electrons. The fourth-order valence-electron chi connectivity index (χ4n) is 2.46. The number of pyridine rings is 1. The van der Waals surface area contributed by atoms with Crippen LogP contribution in [0.1, 0.15) is 19.0 Å². The smallest absolute Gasteiger partial charge is 0.326 e. The molecule has 24 heavy (non-hydrogen) atoms. The van der Waals surface area contributed by atoms with Crippen LogP contribution < -0.4 is 0 Å². The molecule has 2 heterocycles. The predicted molar refractivity (Wildman–Crippen MR) is 90.0 cm³/mol. The third kappa shape index (κ3) is 3.13. The van der Waals surface area contributed by atoms with Crippen LogP contribution in [0.4, 0.5) is 13.2 Å². The van der Waals surface area contributed by atoms with Gasteiger partial charge < -0.3 is 4.57 Å². The average molecular weight is 351 g/mol. The van der Waals surface area contributed by atoms with E-state index in [1.807, 2.05) is 24.3 Å². The maximum Gasteiger partial charge on any atom is 0.433 e. The third-order valence-electron chi connectivity index (χ3n) is 3.63. The van der Waals surface area contributed by atoms with Crippen LogP contribution in [0.3, 0.4) is 0 Å². The van der Waals surface area contributed by atoms with Crippen molar-refractivity contribution in [2.24, 2.45) is 7.05 Å². The van der Waals surface area contributed by atoms with Crippen molar-refractivity contribution in [3.05, 3.63) is 42.1 Å². The number of nitrogens with zero attached hydrogens (tertiary/aromatic N) is 3. The van der Waals surface area contributed by atoms with Crippen LogP contribution in [0.2, 0.25) is 0 Å². The Morgan fingerprint density at radius 1 is 1.08 bits per heavy atom. The summed E-state index contributed by atoms with van der Waals surface area (Å²) >= 11 is 1.71. The largest absolute Gasteiger partial charge is 0.433 e. The summed E-state index contributed by atoms with van der Waals surface area (Å²) in [7, 11) is 1.79. The van der Waals surface area contributed by atoms with Crippen molar-refractivity contribution in [3.63, 3.8) is 0 Å². The van der Waals surface area contributed by atoms with Gasteiger partial charge in [-0.15, -0.1) is 11.8 Å². The molecule has 2 aromatic heterocycles. The molecule has 1 aromatic carbocycles. The zero-order chi connectivity index (χ0) is 17.3. The van der Waals surface area contributed by atoms with Crippen molar-refractivity contribution >= 4 is 22.9 Å². The number of aryl methyl sites for hydroxylation is 1. The lowest BCUT2D eigenvalue weighted by Crippen LogP contribution is -2.07. The van der Waals surface area contributed by atoms with Crippen molar-refractivity contribution in [1.29, 1.82) is 0 Å². The lowest BCUT2D eigenvalue weighted by Gasteiger charge is -2.08. The van der Waals surface area contributed by atoms with Crippen molar-refractivity contribution in [2.45, 2.75) is 24.4 Å². The molecule has 3 aromatic rings. The Balaban J connectivity index is 2.12. The Kier molecular flexibility index (Phi) is 4.54. The Labute approximate surface area is 141 Å². The van der Waals surface area contributed by atoms with Gasteiger partial charge in [-0.25, -0.2) is 9.97 Å². The van der Waals surface area contributed by atoms with Gasteiger partial charge in [-0.1, -0.05) is 25.1 Å². The van der Waals surface area contributed by atoms with Crippen LogP contribution >= 0.6 is 11.8 Å². The molecule has 0 unspecified atom stereocenters. The minimum Gasteiger partial charge on any atom is -0.326 e. The molecule has 0 aliphatic carbocycles. The first-order valence-electron chi connectivity index (χ1n) is 7.54. The van der Waals surface area contributed by atoms with Gasteiger partial charge >= 0.3 is 6.18 Å². The molecule has 0 saturated heterocycles. The van der Waals surface area contributed by atoms with Gasteiger partial charge in [0.25, 0.3) is 0 Å². The van der Waals surface area contributed by atoms with Gasteiger partial charge in [-0.3, -0.25) is 0 Å². The number of fused-ring (bicyclic) bond motifs is 1. The van der Waals surface area contributed by atoms with Crippen molar-refractivity contribution in [2.75, 3.05) is 5.75 Å². The summed E-state index contributed by atoms with van der Waals surface area (Å²) in [5, 5.41) is 0. The molecule has 0 aliphatic heterocycles. The van der Waals surface area contributed by atoms with Gasteiger partial charge in [0, 0.05) is 17.5 Å². The maximum absolute atomic E-state index is 12.8. The highest BCUT2D eigenvalue weighted by molar-refractivity contribution is 7.99. The maximum atomic E-state index is 12.8. The van der Waals surface area contributed by atoms with Crippen molar-refractivity contribution in [1.82, 2.24) is 14.5 Å². The van der Waals surface area contributed by atoms with E-state index in [1.54, 1.807) is 23.4 Å². The van der Waals surface area contributed by atoms with Crippen LogP contribution in [0.5, 0.6) is 0 Å². The fourth-order valence-corrected chi connectivity index (χ4v) is 3.38. The topological polar surface area (TPSA) is 30.7 Å². The summed E-state index contributed by atoms with van der Waals surface area (Å²) in [6.07, 6.45) is -3.43. The molecule has 0 N–H and O–H groups in total. The highest BCUT2D eigenvalue weighted by atomic mass is 32.2. The van der Waals surface area contributed by atoms with E-state index in [0.717, 1.165) is 28.7 Å².